The SMILES string of the molecule is Cc1cccc(Oc2nc3c(c(=O)n(C)c(=O)n3C)n2Cc2ccc(F)cc2)c1C. The Labute approximate surface area is 171 Å². The van der Waals surface area contributed by atoms with E-state index in [0.29, 0.717) is 5.75 Å². The normalized spacial score (nSPS) is 11.2. The topological polar surface area (TPSA) is 71.1 Å². The highest BCUT2D eigenvalue weighted by Gasteiger charge is 2.21. The molecule has 0 aliphatic carbocycles. The summed E-state index contributed by atoms with van der Waals surface area (Å²) in [7, 11) is 2.98. The average Bonchev–Trinajstić information content (AvgIpc) is 3.08. The number of nitrogens with zero attached hydrogens (tertiary/aromatic N) is 4. The van der Waals surface area contributed by atoms with Crippen molar-refractivity contribution in [3.8, 4) is 11.8 Å². The Balaban J connectivity index is 1.96. The lowest BCUT2D eigenvalue weighted by atomic mass is 10.1. The van der Waals surface area contributed by atoms with Crippen LogP contribution in [-0.2, 0) is 20.6 Å². The third-order valence-corrected chi connectivity index (χ3v) is 5.32. The maximum atomic E-state index is 13.3. The van der Waals surface area contributed by atoms with Crippen LogP contribution in [0.4, 0.5) is 4.39 Å². The largest absolute Gasteiger partial charge is 0.425 e. The van der Waals surface area contributed by atoms with E-state index in [-0.39, 0.29) is 29.5 Å². The van der Waals surface area contributed by atoms with Crippen molar-refractivity contribution in [2.45, 2.75) is 20.4 Å². The molecule has 7 nitrogen and oxygen atoms in total. The third kappa shape index (κ3) is 3.20. The summed E-state index contributed by atoms with van der Waals surface area (Å²) in [6.45, 7) is 4.14. The Morgan fingerprint density at radius 2 is 1.70 bits per heavy atom. The second kappa shape index (κ2) is 7.29. The second-order valence-corrected chi connectivity index (χ2v) is 7.29. The van der Waals surface area contributed by atoms with E-state index in [1.807, 2.05) is 32.0 Å². The van der Waals surface area contributed by atoms with Crippen LogP contribution in [0.3, 0.4) is 0 Å². The lowest BCUT2D eigenvalue weighted by Gasteiger charge is -2.12. The van der Waals surface area contributed by atoms with Crippen molar-refractivity contribution in [3.63, 3.8) is 0 Å². The van der Waals surface area contributed by atoms with Gasteiger partial charge in [-0.1, -0.05) is 24.3 Å². The zero-order valence-electron chi connectivity index (χ0n) is 17.1. The molecule has 0 radical (unpaired) electrons. The van der Waals surface area contributed by atoms with E-state index < -0.39 is 11.2 Å². The molecule has 0 atom stereocenters. The smallest absolute Gasteiger partial charge is 0.332 e. The van der Waals surface area contributed by atoms with Gasteiger partial charge < -0.3 is 4.74 Å². The first-order chi connectivity index (χ1) is 14.3. The van der Waals surface area contributed by atoms with Crippen molar-refractivity contribution >= 4 is 11.2 Å². The number of aryl methyl sites for hydroxylation is 2. The van der Waals surface area contributed by atoms with Crippen LogP contribution in [0, 0.1) is 19.7 Å². The number of aromatic nitrogens is 4. The van der Waals surface area contributed by atoms with E-state index in [9.17, 15) is 14.0 Å². The molecule has 0 bridgehead atoms. The van der Waals surface area contributed by atoms with E-state index in [2.05, 4.69) is 4.98 Å². The van der Waals surface area contributed by atoms with E-state index in [0.717, 1.165) is 21.3 Å². The zero-order chi connectivity index (χ0) is 21.6. The van der Waals surface area contributed by atoms with Gasteiger partial charge >= 0.3 is 11.7 Å². The Morgan fingerprint density at radius 3 is 2.40 bits per heavy atom. The molecule has 2 aromatic carbocycles. The van der Waals surface area contributed by atoms with E-state index in [4.69, 9.17) is 4.74 Å². The van der Waals surface area contributed by atoms with Gasteiger partial charge in [0.1, 0.15) is 11.6 Å². The van der Waals surface area contributed by atoms with Crippen molar-refractivity contribution in [1.82, 2.24) is 18.7 Å². The second-order valence-electron chi connectivity index (χ2n) is 7.29. The molecule has 8 heteroatoms. The highest BCUT2D eigenvalue weighted by molar-refractivity contribution is 5.72. The Bertz CT molecular complexity index is 1380. The maximum absolute atomic E-state index is 13.3. The minimum absolute atomic E-state index is 0.182. The van der Waals surface area contributed by atoms with Crippen LogP contribution in [-0.4, -0.2) is 18.7 Å². The van der Waals surface area contributed by atoms with Crippen molar-refractivity contribution in [2.75, 3.05) is 0 Å². The van der Waals surface area contributed by atoms with Crippen molar-refractivity contribution in [1.29, 1.82) is 0 Å². The van der Waals surface area contributed by atoms with E-state index >= 15 is 0 Å². The Morgan fingerprint density at radius 1 is 1.00 bits per heavy atom. The summed E-state index contributed by atoms with van der Waals surface area (Å²) in [5.74, 6) is 0.256. The summed E-state index contributed by atoms with van der Waals surface area (Å²) in [4.78, 5) is 29.8. The van der Waals surface area contributed by atoms with Gasteiger partial charge in [-0.15, -0.1) is 0 Å². The Kier molecular flexibility index (Phi) is 4.77. The van der Waals surface area contributed by atoms with Crippen LogP contribution in [0.25, 0.3) is 11.2 Å². The van der Waals surface area contributed by atoms with Gasteiger partial charge in [-0.05, 0) is 48.7 Å². The molecular formula is C22H21FN4O3. The third-order valence-electron chi connectivity index (χ3n) is 5.32. The molecule has 2 heterocycles. The lowest BCUT2D eigenvalue weighted by Crippen LogP contribution is -2.37. The molecule has 0 saturated heterocycles. The predicted octanol–water partition coefficient (Wildman–Crippen LogP) is 3.03. The van der Waals surface area contributed by atoms with Crippen molar-refractivity contribution < 1.29 is 9.13 Å². The van der Waals surface area contributed by atoms with Gasteiger partial charge in [0, 0.05) is 14.1 Å². The van der Waals surface area contributed by atoms with E-state index in [1.54, 1.807) is 23.7 Å². The molecule has 0 saturated carbocycles. The molecular weight excluding hydrogens is 387 g/mol. The number of rotatable bonds is 4. The molecule has 4 aromatic rings. The highest BCUT2D eigenvalue weighted by Crippen LogP contribution is 2.28. The summed E-state index contributed by atoms with van der Waals surface area (Å²) in [5, 5.41) is 0. The molecule has 0 amide bonds. The molecule has 0 fully saturated rings. The molecule has 30 heavy (non-hydrogen) atoms. The number of hydrogen-bond donors (Lipinski definition) is 0. The fourth-order valence-corrected chi connectivity index (χ4v) is 3.36. The molecule has 0 unspecified atom stereocenters. The number of halogens is 1. The molecule has 0 aliphatic heterocycles. The van der Waals surface area contributed by atoms with Crippen molar-refractivity contribution in [2.24, 2.45) is 14.1 Å². The number of benzene rings is 2. The van der Waals surface area contributed by atoms with Gasteiger partial charge in [0.15, 0.2) is 11.2 Å². The minimum Gasteiger partial charge on any atom is -0.425 e. The van der Waals surface area contributed by atoms with Crippen LogP contribution in [0.5, 0.6) is 11.8 Å². The summed E-state index contributed by atoms with van der Waals surface area (Å²) in [6.07, 6.45) is 0. The molecule has 0 spiro atoms. The highest BCUT2D eigenvalue weighted by atomic mass is 19.1. The van der Waals surface area contributed by atoms with Crippen LogP contribution in [0.15, 0.2) is 52.1 Å². The first-order valence-corrected chi connectivity index (χ1v) is 9.42. The minimum atomic E-state index is -0.475. The van der Waals surface area contributed by atoms with Gasteiger partial charge in [-0.3, -0.25) is 18.5 Å². The summed E-state index contributed by atoms with van der Waals surface area (Å²) >= 11 is 0. The quantitative estimate of drug-likeness (QED) is 0.520. The monoisotopic (exact) mass is 408 g/mol. The first kappa shape index (κ1) is 19.6. The molecule has 4 rings (SSSR count). The van der Waals surface area contributed by atoms with Gasteiger partial charge in [0.05, 0.1) is 6.54 Å². The van der Waals surface area contributed by atoms with Gasteiger partial charge in [-0.25, -0.2) is 9.18 Å². The fourth-order valence-electron chi connectivity index (χ4n) is 3.36. The van der Waals surface area contributed by atoms with Gasteiger partial charge in [0.25, 0.3) is 5.56 Å². The maximum Gasteiger partial charge on any atom is 0.332 e. The lowest BCUT2D eigenvalue weighted by molar-refractivity contribution is 0.418. The number of imidazole rings is 1. The number of hydrogen-bond acceptors (Lipinski definition) is 4. The summed E-state index contributed by atoms with van der Waals surface area (Å²) in [5.41, 5.74) is 2.28. The van der Waals surface area contributed by atoms with Crippen LogP contribution < -0.4 is 16.0 Å². The number of fused-ring (bicyclic) bond motifs is 1. The van der Waals surface area contributed by atoms with Crippen LogP contribution >= 0.6 is 0 Å². The molecule has 2 aromatic heterocycles. The summed E-state index contributed by atoms with van der Waals surface area (Å²) < 4.78 is 23.4. The molecule has 0 aliphatic rings. The Hall–Kier alpha value is -3.68. The fraction of sp³-hybridized carbons (Fsp3) is 0.227. The van der Waals surface area contributed by atoms with Crippen LogP contribution in [0.1, 0.15) is 16.7 Å². The van der Waals surface area contributed by atoms with Crippen LogP contribution in [0.2, 0.25) is 0 Å². The number of ether oxygens (including phenoxy) is 1. The zero-order valence-corrected chi connectivity index (χ0v) is 17.1. The van der Waals surface area contributed by atoms with Gasteiger partial charge in [0.2, 0.25) is 0 Å². The molecule has 154 valence electrons. The first-order valence-electron chi connectivity index (χ1n) is 9.42. The standard InChI is InChI=1S/C22H21FN4O3/c1-13-6-5-7-17(14(13)2)30-21-24-19-18(20(28)26(4)22(29)25(19)3)27(21)12-15-8-10-16(23)11-9-15/h5-11H,12H2,1-4H3. The predicted molar refractivity (Wildman–Crippen MR) is 112 cm³/mol. The summed E-state index contributed by atoms with van der Waals surface area (Å²) in [6, 6.07) is 11.8. The average molecular weight is 408 g/mol. The molecule has 0 N–H and O–H groups in total. The van der Waals surface area contributed by atoms with Gasteiger partial charge in [-0.2, -0.15) is 4.98 Å². The van der Waals surface area contributed by atoms with E-state index in [1.165, 1.54) is 23.7 Å². The van der Waals surface area contributed by atoms with Crippen molar-refractivity contribution in [3.05, 3.63) is 85.8 Å².